The summed E-state index contributed by atoms with van der Waals surface area (Å²) >= 11 is 1.26. The molecule has 34 heavy (non-hydrogen) atoms. The molecule has 1 aliphatic heterocycles. The Morgan fingerprint density at radius 1 is 1.09 bits per heavy atom. The van der Waals surface area contributed by atoms with E-state index in [9.17, 15) is 23.3 Å². The molecule has 11 heteroatoms. The van der Waals surface area contributed by atoms with Crippen molar-refractivity contribution in [1.82, 2.24) is 9.21 Å². The van der Waals surface area contributed by atoms with Gasteiger partial charge in [0, 0.05) is 37.8 Å². The minimum absolute atomic E-state index is 0.0944. The van der Waals surface area contributed by atoms with Gasteiger partial charge in [-0.2, -0.15) is 4.31 Å². The van der Waals surface area contributed by atoms with E-state index in [0.717, 1.165) is 11.1 Å². The van der Waals surface area contributed by atoms with Crippen LogP contribution in [0, 0.1) is 17.0 Å². The Labute approximate surface area is 201 Å². The first-order valence-electron chi connectivity index (χ1n) is 10.6. The second-order valence-electron chi connectivity index (χ2n) is 7.84. The number of hydrogen-bond acceptors (Lipinski definition) is 7. The van der Waals surface area contributed by atoms with Crippen molar-refractivity contribution >= 4 is 33.0 Å². The highest BCUT2D eigenvalue weighted by molar-refractivity contribution is 7.89. The zero-order valence-corrected chi connectivity index (χ0v) is 20.0. The fourth-order valence-electron chi connectivity index (χ4n) is 3.60. The summed E-state index contributed by atoms with van der Waals surface area (Å²) in [5.41, 5.74) is 1.59. The molecule has 0 bridgehead atoms. The van der Waals surface area contributed by atoms with E-state index in [4.69, 9.17) is 4.74 Å². The van der Waals surface area contributed by atoms with Crippen molar-refractivity contribution in [3.05, 3.63) is 86.1 Å². The fraction of sp³-hybridized carbons (Fsp3) is 0.261. The molecule has 2 heterocycles. The largest absolute Gasteiger partial charge is 0.482 e. The van der Waals surface area contributed by atoms with Gasteiger partial charge in [-0.1, -0.05) is 29.8 Å². The Morgan fingerprint density at radius 2 is 1.76 bits per heavy atom. The summed E-state index contributed by atoms with van der Waals surface area (Å²) in [5.74, 6) is -0.00758. The highest BCUT2D eigenvalue weighted by atomic mass is 32.2. The highest BCUT2D eigenvalue weighted by Crippen LogP contribution is 2.28. The normalized spacial score (nSPS) is 14.7. The van der Waals surface area contributed by atoms with Gasteiger partial charge in [-0.05, 0) is 36.6 Å². The second-order valence-corrected chi connectivity index (χ2v) is 10.7. The second kappa shape index (κ2) is 9.92. The first-order chi connectivity index (χ1) is 16.3. The van der Waals surface area contributed by atoms with E-state index in [0.29, 0.717) is 18.0 Å². The van der Waals surface area contributed by atoms with E-state index in [1.54, 1.807) is 52.7 Å². The molecule has 0 N–H and O–H groups in total. The molecular weight excluding hydrogens is 478 g/mol. The molecule has 1 aromatic heterocycles. The number of aryl methyl sites for hydroxylation is 1. The SMILES string of the molecule is Cc1ccc(S(=O)(=O)N2CCN(C(=O)c3cc(COc4ccccc4[N+](=O)[O-])cs3)CC2)cc1. The van der Waals surface area contributed by atoms with Gasteiger partial charge in [-0.3, -0.25) is 14.9 Å². The molecule has 1 amide bonds. The Bertz CT molecular complexity index is 1300. The summed E-state index contributed by atoms with van der Waals surface area (Å²) in [6.07, 6.45) is 0. The third-order valence-electron chi connectivity index (χ3n) is 5.51. The topological polar surface area (TPSA) is 110 Å². The number of benzene rings is 2. The van der Waals surface area contributed by atoms with Gasteiger partial charge in [0.05, 0.1) is 14.7 Å². The minimum atomic E-state index is -3.60. The minimum Gasteiger partial charge on any atom is -0.482 e. The lowest BCUT2D eigenvalue weighted by molar-refractivity contribution is -0.385. The molecule has 1 aliphatic rings. The van der Waals surface area contributed by atoms with E-state index in [-0.39, 0.29) is 41.9 Å². The van der Waals surface area contributed by atoms with E-state index >= 15 is 0 Å². The Morgan fingerprint density at radius 3 is 2.44 bits per heavy atom. The number of nitro benzene ring substituents is 1. The van der Waals surface area contributed by atoms with E-state index in [2.05, 4.69) is 0 Å². The Kier molecular flexibility index (Phi) is 6.96. The lowest BCUT2D eigenvalue weighted by Gasteiger charge is -2.33. The maximum atomic E-state index is 12.9. The maximum Gasteiger partial charge on any atom is 0.310 e. The highest BCUT2D eigenvalue weighted by Gasteiger charge is 2.30. The van der Waals surface area contributed by atoms with E-state index in [1.807, 2.05) is 6.92 Å². The molecule has 0 spiro atoms. The van der Waals surface area contributed by atoms with Crippen LogP contribution in [0.1, 0.15) is 20.8 Å². The van der Waals surface area contributed by atoms with E-state index in [1.165, 1.54) is 27.8 Å². The first-order valence-corrected chi connectivity index (χ1v) is 12.9. The molecule has 9 nitrogen and oxygen atoms in total. The number of rotatable bonds is 7. The number of nitrogens with zero attached hydrogens (tertiary/aromatic N) is 3. The quantitative estimate of drug-likeness (QED) is 0.361. The number of nitro groups is 1. The van der Waals surface area contributed by atoms with Gasteiger partial charge in [0.15, 0.2) is 5.75 Å². The average molecular weight is 502 g/mol. The molecule has 1 saturated heterocycles. The molecule has 0 unspecified atom stereocenters. The first kappa shape index (κ1) is 23.9. The van der Waals surface area contributed by atoms with Crippen LogP contribution in [0.25, 0.3) is 0 Å². The monoisotopic (exact) mass is 501 g/mol. The number of sulfonamides is 1. The van der Waals surface area contributed by atoms with E-state index < -0.39 is 14.9 Å². The Hall–Kier alpha value is -3.28. The van der Waals surface area contributed by atoms with Crippen LogP contribution in [0.2, 0.25) is 0 Å². The van der Waals surface area contributed by atoms with Crippen LogP contribution in [-0.2, 0) is 16.6 Å². The third-order valence-corrected chi connectivity index (χ3v) is 8.39. The summed E-state index contributed by atoms with van der Waals surface area (Å²) in [7, 11) is -3.60. The number of amides is 1. The number of thiophene rings is 1. The van der Waals surface area contributed by atoms with Crippen LogP contribution < -0.4 is 4.74 Å². The lowest BCUT2D eigenvalue weighted by atomic mass is 10.2. The summed E-state index contributed by atoms with van der Waals surface area (Å²) in [6.45, 7) is 3.03. The number of ether oxygens (including phenoxy) is 1. The van der Waals surface area contributed by atoms with Crippen molar-refractivity contribution in [2.24, 2.45) is 0 Å². The summed E-state index contributed by atoms with van der Waals surface area (Å²) < 4.78 is 32.7. The predicted molar refractivity (Wildman–Crippen MR) is 128 cm³/mol. The molecule has 3 aromatic rings. The lowest BCUT2D eigenvalue weighted by Crippen LogP contribution is -2.50. The molecule has 0 atom stereocenters. The molecule has 0 saturated carbocycles. The maximum absolute atomic E-state index is 12.9. The van der Waals surface area contributed by atoms with Gasteiger partial charge < -0.3 is 9.64 Å². The molecule has 2 aromatic carbocycles. The van der Waals surface area contributed by atoms with Crippen LogP contribution >= 0.6 is 11.3 Å². The zero-order valence-electron chi connectivity index (χ0n) is 18.4. The predicted octanol–water partition coefficient (Wildman–Crippen LogP) is 3.69. The molecule has 1 fully saturated rings. The third kappa shape index (κ3) is 5.11. The molecule has 0 radical (unpaired) electrons. The van der Waals surface area contributed by atoms with Gasteiger partial charge in [-0.25, -0.2) is 8.42 Å². The van der Waals surface area contributed by atoms with Crippen molar-refractivity contribution in [3.63, 3.8) is 0 Å². The average Bonchev–Trinajstić information content (AvgIpc) is 3.32. The Balaban J connectivity index is 1.35. The molecular formula is C23H23N3O6S2. The van der Waals surface area contributed by atoms with Crippen LogP contribution in [0.5, 0.6) is 5.75 Å². The van der Waals surface area contributed by atoms with Gasteiger partial charge in [0.1, 0.15) is 6.61 Å². The van der Waals surface area contributed by atoms with Gasteiger partial charge in [0.25, 0.3) is 5.91 Å². The van der Waals surface area contributed by atoms with Crippen LogP contribution in [0.4, 0.5) is 5.69 Å². The summed E-state index contributed by atoms with van der Waals surface area (Å²) in [4.78, 5) is 25.9. The van der Waals surface area contributed by atoms with Crippen LogP contribution in [-0.4, -0.2) is 54.6 Å². The zero-order chi connectivity index (χ0) is 24.3. The molecule has 4 rings (SSSR count). The van der Waals surface area contributed by atoms with Gasteiger partial charge in [0.2, 0.25) is 10.0 Å². The van der Waals surface area contributed by atoms with Crippen LogP contribution in [0.3, 0.4) is 0 Å². The number of carbonyl (C=O) groups excluding carboxylic acids is 1. The smallest absolute Gasteiger partial charge is 0.310 e. The molecule has 178 valence electrons. The van der Waals surface area contributed by atoms with Crippen molar-refractivity contribution in [2.75, 3.05) is 26.2 Å². The van der Waals surface area contributed by atoms with Crippen molar-refractivity contribution < 1.29 is 22.9 Å². The number of carbonyl (C=O) groups is 1. The number of piperazine rings is 1. The van der Waals surface area contributed by atoms with Gasteiger partial charge in [-0.15, -0.1) is 11.3 Å². The summed E-state index contributed by atoms with van der Waals surface area (Å²) in [6, 6.07) is 14.6. The molecule has 0 aliphatic carbocycles. The summed E-state index contributed by atoms with van der Waals surface area (Å²) in [5, 5.41) is 12.9. The van der Waals surface area contributed by atoms with Crippen LogP contribution in [0.15, 0.2) is 64.9 Å². The number of hydrogen-bond donors (Lipinski definition) is 0. The van der Waals surface area contributed by atoms with Gasteiger partial charge >= 0.3 is 5.69 Å². The number of para-hydroxylation sites is 2. The fourth-order valence-corrected chi connectivity index (χ4v) is 5.89. The van der Waals surface area contributed by atoms with Crippen molar-refractivity contribution in [1.29, 1.82) is 0 Å². The van der Waals surface area contributed by atoms with Crippen molar-refractivity contribution in [3.8, 4) is 5.75 Å². The van der Waals surface area contributed by atoms with Crippen molar-refractivity contribution in [2.45, 2.75) is 18.4 Å². The standard InChI is InChI=1S/C23H23N3O6S2/c1-17-6-8-19(9-7-17)34(30,31)25-12-10-24(11-13-25)23(27)22-14-18(16-33-22)15-32-21-5-3-2-4-20(21)26(28)29/h2-9,14,16H,10-13,15H2,1H3.